The number of hydrogen-bond donors (Lipinski definition) is 1. The van der Waals surface area contributed by atoms with Gasteiger partial charge in [0.2, 0.25) is 0 Å². The molecule has 98 valence electrons. The predicted octanol–water partition coefficient (Wildman–Crippen LogP) is 5.09. The molecular formula is C15H21BrN2. The van der Waals surface area contributed by atoms with Crippen molar-refractivity contribution in [2.45, 2.75) is 52.0 Å². The van der Waals surface area contributed by atoms with Crippen LogP contribution in [-0.4, -0.2) is 6.04 Å². The maximum Gasteiger partial charge on any atom is 0.0992 e. The highest BCUT2D eigenvalue weighted by Crippen LogP contribution is 2.24. The van der Waals surface area contributed by atoms with Crippen LogP contribution in [0.2, 0.25) is 0 Å². The lowest BCUT2D eigenvalue weighted by Crippen LogP contribution is -2.15. The minimum Gasteiger partial charge on any atom is -0.382 e. The zero-order valence-corrected chi connectivity index (χ0v) is 12.8. The van der Waals surface area contributed by atoms with Crippen molar-refractivity contribution in [1.29, 1.82) is 5.26 Å². The van der Waals surface area contributed by atoms with Crippen molar-refractivity contribution in [3.8, 4) is 6.07 Å². The van der Waals surface area contributed by atoms with E-state index in [1.807, 2.05) is 18.2 Å². The van der Waals surface area contributed by atoms with Crippen molar-refractivity contribution in [3.63, 3.8) is 0 Å². The Hall–Kier alpha value is -1.01. The quantitative estimate of drug-likeness (QED) is 0.712. The van der Waals surface area contributed by atoms with Gasteiger partial charge in [-0.25, -0.2) is 0 Å². The summed E-state index contributed by atoms with van der Waals surface area (Å²) in [5, 5.41) is 12.3. The number of rotatable bonds is 7. The van der Waals surface area contributed by atoms with Crippen molar-refractivity contribution in [1.82, 2.24) is 0 Å². The highest BCUT2D eigenvalue weighted by Gasteiger charge is 2.05. The van der Waals surface area contributed by atoms with Crippen molar-refractivity contribution >= 4 is 21.6 Å². The summed E-state index contributed by atoms with van der Waals surface area (Å²) in [6, 6.07) is 8.26. The lowest BCUT2D eigenvalue weighted by molar-refractivity contribution is 0.594. The molecule has 0 aliphatic heterocycles. The fraction of sp³-hybridized carbons (Fsp3) is 0.533. The van der Waals surface area contributed by atoms with Crippen LogP contribution in [0.1, 0.15) is 51.5 Å². The normalized spacial score (nSPS) is 11.9. The first-order valence-corrected chi connectivity index (χ1v) is 7.43. The highest BCUT2D eigenvalue weighted by molar-refractivity contribution is 9.10. The van der Waals surface area contributed by atoms with Gasteiger partial charge in [-0.15, -0.1) is 0 Å². The monoisotopic (exact) mass is 308 g/mol. The molecule has 3 heteroatoms. The van der Waals surface area contributed by atoms with Gasteiger partial charge in [-0.3, -0.25) is 0 Å². The van der Waals surface area contributed by atoms with E-state index in [1.54, 1.807) is 0 Å². The van der Waals surface area contributed by atoms with Gasteiger partial charge >= 0.3 is 0 Å². The van der Waals surface area contributed by atoms with Gasteiger partial charge in [0, 0.05) is 16.2 Å². The number of unbranched alkanes of at least 4 members (excludes halogenated alkanes) is 3. The molecule has 1 aromatic rings. The molecule has 0 aliphatic rings. The molecule has 1 rings (SSSR count). The standard InChI is InChI=1S/C15H21BrN2/c1-3-4-5-6-7-12(2)18-15-9-8-13(11-17)10-14(15)16/h8-10,12,18H,3-7H2,1-2H3. The first-order chi connectivity index (χ1) is 8.67. The Balaban J connectivity index is 2.44. The number of benzene rings is 1. The van der Waals surface area contributed by atoms with Crippen molar-refractivity contribution in [2.24, 2.45) is 0 Å². The Morgan fingerprint density at radius 2 is 2.11 bits per heavy atom. The van der Waals surface area contributed by atoms with Gasteiger partial charge in [0.15, 0.2) is 0 Å². The maximum absolute atomic E-state index is 8.81. The molecule has 0 radical (unpaired) electrons. The fourth-order valence-electron chi connectivity index (χ4n) is 1.92. The molecule has 2 nitrogen and oxygen atoms in total. The molecule has 0 saturated carbocycles. The summed E-state index contributed by atoms with van der Waals surface area (Å²) in [6.45, 7) is 4.44. The number of anilines is 1. The largest absolute Gasteiger partial charge is 0.382 e. The summed E-state index contributed by atoms with van der Waals surface area (Å²) in [5.74, 6) is 0. The number of nitriles is 1. The van der Waals surface area contributed by atoms with Gasteiger partial charge in [0.05, 0.1) is 11.6 Å². The molecule has 1 atom stereocenters. The van der Waals surface area contributed by atoms with Crippen molar-refractivity contribution in [3.05, 3.63) is 28.2 Å². The molecule has 0 heterocycles. The molecule has 0 amide bonds. The van der Waals surface area contributed by atoms with Crippen LogP contribution in [0.15, 0.2) is 22.7 Å². The second-order valence-corrected chi connectivity index (χ2v) is 5.56. The first kappa shape index (κ1) is 15.0. The third-order valence-corrected chi connectivity index (χ3v) is 3.65. The van der Waals surface area contributed by atoms with Crippen LogP contribution in [0, 0.1) is 11.3 Å². The Bertz CT molecular complexity index is 409. The van der Waals surface area contributed by atoms with Crippen LogP contribution in [-0.2, 0) is 0 Å². The van der Waals surface area contributed by atoms with E-state index in [0.29, 0.717) is 11.6 Å². The summed E-state index contributed by atoms with van der Waals surface area (Å²) in [6.07, 6.45) is 6.38. The minimum atomic E-state index is 0.464. The second-order valence-electron chi connectivity index (χ2n) is 4.70. The second kappa shape index (κ2) is 8.16. The zero-order valence-electron chi connectivity index (χ0n) is 11.2. The zero-order chi connectivity index (χ0) is 13.4. The Morgan fingerprint density at radius 1 is 1.33 bits per heavy atom. The van der Waals surface area contributed by atoms with Gasteiger partial charge in [-0.05, 0) is 47.5 Å². The number of nitrogens with zero attached hydrogens (tertiary/aromatic N) is 1. The van der Waals surface area contributed by atoms with E-state index in [0.717, 1.165) is 10.2 Å². The molecule has 0 aliphatic carbocycles. The van der Waals surface area contributed by atoms with Crippen molar-refractivity contribution < 1.29 is 0 Å². The minimum absolute atomic E-state index is 0.464. The van der Waals surface area contributed by atoms with Crippen LogP contribution in [0.5, 0.6) is 0 Å². The maximum atomic E-state index is 8.81. The lowest BCUT2D eigenvalue weighted by atomic mass is 10.1. The molecular weight excluding hydrogens is 288 g/mol. The molecule has 1 N–H and O–H groups in total. The van der Waals surface area contributed by atoms with Crippen LogP contribution in [0.3, 0.4) is 0 Å². The van der Waals surface area contributed by atoms with E-state index in [1.165, 1.54) is 32.1 Å². The molecule has 0 bridgehead atoms. The van der Waals surface area contributed by atoms with Crippen LogP contribution in [0.4, 0.5) is 5.69 Å². The van der Waals surface area contributed by atoms with Crippen LogP contribution in [0.25, 0.3) is 0 Å². The summed E-state index contributed by atoms with van der Waals surface area (Å²) in [4.78, 5) is 0. The van der Waals surface area contributed by atoms with E-state index in [-0.39, 0.29) is 0 Å². The van der Waals surface area contributed by atoms with Gasteiger partial charge in [0.1, 0.15) is 0 Å². The van der Waals surface area contributed by atoms with E-state index in [2.05, 4.69) is 41.2 Å². The van der Waals surface area contributed by atoms with Gasteiger partial charge in [0.25, 0.3) is 0 Å². The Kier molecular flexibility index (Phi) is 6.82. The molecule has 0 spiro atoms. The SMILES string of the molecule is CCCCCCC(C)Nc1ccc(C#N)cc1Br. The van der Waals surface area contributed by atoms with E-state index < -0.39 is 0 Å². The van der Waals surface area contributed by atoms with E-state index in [4.69, 9.17) is 5.26 Å². The third kappa shape index (κ3) is 5.10. The lowest BCUT2D eigenvalue weighted by Gasteiger charge is -2.16. The molecule has 1 unspecified atom stereocenters. The average Bonchev–Trinajstić information content (AvgIpc) is 2.37. The van der Waals surface area contributed by atoms with Crippen LogP contribution < -0.4 is 5.32 Å². The average molecular weight is 309 g/mol. The fourth-order valence-corrected chi connectivity index (χ4v) is 2.41. The molecule has 1 aromatic carbocycles. The van der Waals surface area contributed by atoms with E-state index in [9.17, 15) is 0 Å². The molecule has 0 saturated heterocycles. The summed E-state index contributed by atoms with van der Waals surface area (Å²) >= 11 is 3.50. The summed E-state index contributed by atoms with van der Waals surface area (Å²) < 4.78 is 0.960. The Morgan fingerprint density at radius 3 is 2.72 bits per heavy atom. The highest BCUT2D eigenvalue weighted by atomic mass is 79.9. The van der Waals surface area contributed by atoms with Crippen molar-refractivity contribution in [2.75, 3.05) is 5.32 Å². The van der Waals surface area contributed by atoms with Gasteiger partial charge in [-0.1, -0.05) is 32.6 Å². The Labute approximate surface area is 119 Å². The summed E-state index contributed by atoms with van der Waals surface area (Å²) in [5.41, 5.74) is 1.75. The third-order valence-electron chi connectivity index (χ3n) is 2.99. The van der Waals surface area contributed by atoms with Gasteiger partial charge < -0.3 is 5.32 Å². The van der Waals surface area contributed by atoms with Gasteiger partial charge in [-0.2, -0.15) is 5.26 Å². The summed E-state index contributed by atoms with van der Waals surface area (Å²) in [7, 11) is 0. The molecule has 0 aromatic heterocycles. The first-order valence-electron chi connectivity index (χ1n) is 6.63. The molecule has 18 heavy (non-hydrogen) atoms. The van der Waals surface area contributed by atoms with E-state index >= 15 is 0 Å². The number of hydrogen-bond acceptors (Lipinski definition) is 2. The smallest absolute Gasteiger partial charge is 0.0992 e. The topological polar surface area (TPSA) is 35.8 Å². The number of halogens is 1. The number of nitrogens with one attached hydrogen (secondary N) is 1. The predicted molar refractivity (Wildman–Crippen MR) is 80.7 cm³/mol. The van der Waals surface area contributed by atoms with Crippen LogP contribution >= 0.6 is 15.9 Å². The molecule has 0 fully saturated rings.